The van der Waals surface area contributed by atoms with Gasteiger partial charge in [-0.2, -0.15) is 0 Å². The first-order chi connectivity index (χ1) is 9.97. The second-order valence-corrected chi connectivity index (χ2v) is 6.59. The second-order valence-electron chi connectivity index (χ2n) is 6.59. The topological polar surface area (TPSA) is 73.3 Å². The zero-order chi connectivity index (χ0) is 15.1. The van der Waals surface area contributed by atoms with Crippen LogP contribution in [0.3, 0.4) is 0 Å². The Morgan fingerprint density at radius 1 is 1.18 bits per heavy atom. The van der Waals surface area contributed by atoms with E-state index >= 15 is 0 Å². The predicted molar refractivity (Wildman–Crippen MR) is 88.3 cm³/mol. The van der Waals surface area contributed by atoms with Crippen LogP contribution in [0.1, 0.15) is 25.0 Å². The Kier molecular flexibility index (Phi) is 5.14. The van der Waals surface area contributed by atoms with E-state index < -0.39 is 0 Å². The minimum atomic E-state index is -0.259. The molecule has 3 unspecified atom stereocenters. The van der Waals surface area contributed by atoms with Crippen LogP contribution in [0.25, 0.3) is 0 Å². The zero-order valence-electron chi connectivity index (χ0n) is 13.2. The highest BCUT2D eigenvalue weighted by Crippen LogP contribution is 2.35. The molecule has 0 aromatic carbocycles. The van der Waals surface area contributed by atoms with Crippen LogP contribution in [0.15, 0.2) is 15.7 Å². The molecule has 1 saturated carbocycles. The molecule has 2 heterocycles. The third-order valence-electron chi connectivity index (χ3n) is 5.24. The van der Waals surface area contributed by atoms with Gasteiger partial charge >= 0.3 is 5.69 Å². The van der Waals surface area contributed by atoms with Gasteiger partial charge < -0.3 is 5.73 Å². The van der Waals surface area contributed by atoms with Crippen molar-refractivity contribution in [3.8, 4) is 0 Å². The van der Waals surface area contributed by atoms with E-state index in [1.807, 2.05) is 0 Å². The van der Waals surface area contributed by atoms with Gasteiger partial charge in [-0.05, 0) is 24.7 Å². The van der Waals surface area contributed by atoms with E-state index in [0.29, 0.717) is 24.4 Å². The fourth-order valence-corrected chi connectivity index (χ4v) is 3.90. The maximum Gasteiger partial charge on any atom is 0.330 e. The van der Waals surface area contributed by atoms with Crippen LogP contribution in [0.4, 0.5) is 0 Å². The van der Waals surface area contributed by atoms with Gasteiger partial charge in [-0.15, -0.1) is 12.4 Å². The standard InChI is InChI=1S/C15H24N4O2.ClH/c1-17-11(6-14(20)18(2)15(17)21)8-19-7-10-4-3-5-13(16)12(10)9-19;/h6,10,12-13H,3-5,7-9,16H2,1-2H3;1H. The molecule has 22 heavy (non-hydrogen) atoms. The Hall–Kier alpha value is -1.11. The van der Waals surface area contributed by atoms with Crippen molar-refractivity contribution in [3.05, 3.63) is 32.6 Å². The van der Waals surface area contributed by atoms with E-state index in [9.17, 15) is 9.59 Å². The molecule has 1 saturated heterocycles. The fourth-order valence-electron chi connectivity index (χ4n) is 3.90. The first-order valence-corrected chi connectivity index (χ1v) is 7.71. The SMILES string of the molecule is Cl.Cn1c(CN2CC3CCCC(N)C3C2)cc(=O)n(C)c1=O. The first kappa shape index (κ1) is 17.2. The number of rotatable bonds is 2. The van der Waals surface area contributed by atoms with E-state index in [0.717, 1.165) is 29.8 Å². The number of hydrogen-bond acceptors (Lipinski definition) is 4. The quantitative estimate of drug-likeness (QED) is 0.833. The van der Waals surface area contributed by atoms with E-state index in [-0.39, 0.29) is 23.7 Å². The maximum absolute atomic E-state index is 12.0. The highest BCUT2D eigenvalue weighted by Gasteiger charge is 2.38. The van der Waals surface area contributed by atoms with E-state index in [2.05, 4.69) is 4.90 Å². The van der Waals surface area contributed by atoms with Crippen LogP contribution in [0, 0.1) is 11.8 Å². The van der Waals surface area contributed by atoms with Crippen molar-refractivity contribution in [2.24, 2.45) is 31.7 Å². The van der Waals surface area contributed by atoms with Crippen molar-refractivity contribution in [3.63, 3.8) is 0 Å². The molecule has 2 N–H and O–H groups in total. The number of aromatic nitrogens is 2. The molecule has 3 rings (SSSR count). The molecule has 7 heteroatoms. The van der Waals surface area contributed by atoms with Crippen LogP contribution < -0.4 is 17.0 Å². The van der Waals surface area contributed by atoms with Gasteiger partial charge in [-0.1, -0.05) is 6.42 Å². The van der Waals surface area contributed by atoms with Crippen LogP contribution in [0.2, 0.25) is 0 Å². The summed E-state index contributed by atoms with van der Waals surface area (Å²) >= 11 is 0. The fraction of sp³-hybridized carbons (Fsp3) is 0.733. The van der Waals surface area contributed by atoms with Crippen LogP contribution in [-0.2, 0) is 20.6 Å². The summed E-state index contributed by atoms with van der Waals surface area (Å²) in [4.78, 5) is 26.1. The molecule has 1 aromatic heterocycles. The summed E-state index contributed by atoms with van der Waals surface area (Å²) in [5.74, 6) is 1.25. The molecule has 0 bridgehead atoms. The Morgan fingerprint density at radius 3 is 2.59 bits per heavy atom. The number of likely N-dealkylation sites (tertiary alicyclic amines) is 1. The maximum atomic E-state index is 12.0. The van der Waals surface area contributed by atoms with Gasteiger partial charge in [0.2, 0.25) is 0 Å². The third kappa shape index (κ3) is 3.00. The molecule has 3 atom stereocenters. The average Bonchev–Trinajstić information content (AvgIpc) is 2.86. The van der Waals surface area contributed by atoms with Crippen LogP contribution in [-0.4, -0.2) is 33.2 Å². The lowest BCUT2D eigenvalue weighted by atomic mass is 9.78. The minimum Gasteiger partial charge on any atom is -0.327 e. The van der Waals surface area contributed by atoms with Crippen LogP contribution in [0.5, 0.6) is 0 Å². The molecule has 2 aliphatic rings. The molecule has 6 nitrogen and oxygen atoms in total. The minimum absolute atomic E-state index is 0. The number of nitrogens with zero attached hydrogens (tertiary/aromatic N) is 3. The molecule has 1 aliphatic carbocycles. The lowest BCUT2D eigenvalue weighted by Crippen LogP contribution is -2.39. The summed E-state index contributed by atoms with van der Waals surface area (Å²) in [6.07, 6.45) is 3.60. The molecule has 0 amide bonds. The van der Waals surface area contributed by atoms with Crippen molar-refractivity contribution in [2.45, 2.75) is 31.8 Å². The van der Waals surface area contributed by atoms with Gasteiger partial charge in [0.25, 0.3) is 5.56 Å². The predicted octanol–water partition coefficient (Wildman–Crippen LogP) is 0.0650. The second kappa shape index (κ2) is 6.56. The molecule has 1 aromatic rings. The molecule has 0 spiro atoms. The smallest absolute Gasteiger partial charge is 0.327 e. The van der Waals surface area contributed by atoms with Crippen molar-refractivity contribution < 1.29 is 0 Å². The van der Waals surface area contributed by atoms with Crippen molar-refractivity contribution in [1.82, 2.24) is 14.0 Å². The molecule has 2 fully saturated rings. The van der Waals surface area contributed by atoms with Gasteiger partial charge in [-0.3, -0.25) is 18.8 Å². The summed E-state index contributed by atoms with van der Waals surface area (Å²) < 4.78 is 2.71. The monoisotopic (exact) mass is 328 g/mol. The number of fused-ring (bicyclic) bond motifs is 1. The molecule has 124 valence electrons. The lowest BCUT2D eigenvalue weighted by Gasteiger charge is -2.29. The molecule has 1 aliphatic heterocycles. The largest absolute Gasteiger partial charge is 0.330 e. The highest BCUT2D eigenvalue weighted by molar-refractivity contribution is 5.85. The Balaban J connectivity index is 0.00000176. The summed E-state index contributed by atoms with van der Waals surface area (Å²) in [5, 5.41) is 0. The molecular formula is C15H25ClN4O2. The first-order valence-electron chi connectivity index (χ1n) is 7.71. The number of halogens is 1. The third-order valence-corrected chi connectivity index (χ3v) is 5.24. The summed E-state index contributed by atoms with van der Waals surface area (Å²) in [5.41, 5.74) is 6.53. The van der Waals surface area contributed by atoms with Gasteiger partial charge in [-0.25, -0.2) is 4.79 Å². The molecular weight excluding hydrogens is 304 g/mol. The Labute approximate surface area is 136 Å². The van der Waals surface area contributed by atoms with E-state index in [1.165, 1.54) is 19.9 Å². The number of nitrogens with two attached hydrogens (primary N) is 1. The summed E-state index contributed by atoms with van der Waals surface area (Å²) in [6, 6.07) is 1.88. The van der Waals surface area contributed by atoms with E-state index in [4.69, 9.17) is 5.73 Å². The van der Waals surface area contributed by atoms with Crippen molar-refractivity contribution in [1.29, 1.82) is 0 Å². The van der Waals surface area contributed by atoms with Gasteiger partial charge in [0.15, 0.2) is 0 Å². The number of hydrogen-bond donors (Lipinski definition) is 1. The van der Waals surface area contributed by atoms with Crippen molar-refractivity contribution in [2.75, 3.05) is 13.1 Å². The van der Waals surface area contributed by atoms with E-state index in [1.54, 1.807) is 17.7 Å². The van der Waals surface area contributed by atoms with Gasteiger partial charge in [0.1, 0.15) is 0 Å². The molecule has 0 radical (unpaired) electrons. The normalized spacial score (nSPS) is 28.2. The van der Waals surface area contributed by atoms with Gasteiger partial charge in [0, 0.05) is 51.5 Å². The summed E-state index contributed by atoms with van der Waals surface area (Å²) in [7, 11) is 3.24. The zero-order valence-corrected chi connectivity index (χ0v) is 14.0. The van der Waals surface area contributed by atoms with Crippen molar-refractivity contribution >= 4 is 12.4 Å². The van der Waals surface area contributed by atoms with Gasteiger partial charge in [0.05, 0.1) is 0 Å². The highest BCUT2D eigenvalue weighted by atomic mass is 35.5. The Morgan fingerprint density at radius 2 is 1.91 bits per heavy atom. The van der Waals surface area contributed by atoms with Crippen LogP contribution >= 0.6 is 12.4 Å². The Bertz CT molecular complexity index is 654. The summed E-state index contributed by atoms with van der Waals surface area (Å²) in [6.45, 7) is 2.67. The lowest BCUT2D eigenvalue weighted by molar-refractivity contribution is 0.259. The average molecular weight is 329 g/mol.